The van der Waals surface area contributed by atoms with Gasteiger partial charge in [-0.15, -0.1) is 0 Å². The molecule has 21 heavy (non-hydrogen) atoms. The third kappa shape index (κ3) is 2.68. The molecule has 2 aliphatic rings. The van der Waals surface area contributed by atoms with Gasteiger partial charge in [-0.05, 0) is 42.4 Å². The topological polar surface area (TPSA) is 34.1 Å². The second-order valence-electron chi connectivity index (χ2n) is 6.28. The molecule has 1 aromatic rings. The Kier molecular flexibility index (Phi) is 4.21. The average Bonchev–Trinajstić information content (AvgIpc) is 2.75. The first-order valence-corrected chi connectivity index (χ1v) is 9.73. The molecule has 0 aromatic heterocycles. The van der Waals surface area contributed by atoms with E-state index in [0.29, 0.717) is 6.42 Å². The molecule has 0 saturated heterocycles. The Bertz CT molecular complexity index is 656. The summed E-state index contributed by atoms with van der Waals surface area (Å²) >= 11 is 0. The standard InChI is InChI=1S/C18H24O2S/c1-2-3-4-5-9-15-13-17-16-10-7-6-8-14(16)11-12-18(17)21(15,19)20/h6-8,10,15H,2-5,9,11-13H2,1H3. The van der Waals surface area contributed by atoms with E-state index in [4.69, 9.17) is 0 Å². The third-order valence-electron chi connectivity index (χ3n) is 4.89. The van der Waals surface area contributed by atoms with Gasteiger partial charge in [-0.2, -0.15) is 0 Å². The van der Waals surface area contributed by atoms with Crippen LogP contribution in [0, 0.1) is 0 Å². The van der Waals surface area contributed by atoms with Crippen molar-refractivity contribution < 1.29 is 8.42 Å². The van der Waals surface area contributed by atoms with Crippen LogP contribution in [0.4, 0.5) is 0 Å². The second kappa shape index (κ2) is 5.96. The lowest BCUT2D eigenvalue weighted by Crippen LogP contribution is -2.17. The van der Waals surface area contributed by atoms with E-state index in [1.54, 1.807) is 0 Å². The highest BCUT2D eigenvalue weighted by Crippen LogP contribution is 2.45. The first kappa shape index (κ1) is 14.8. The van der Waals surface area contributed by atoms with Gasteiger partial charge in [0, 0.05) is 4.91 Å². The van der Waals surface area contributed by atoms with Gasteiger partial charge in [-0.3, -0.25) is 0 Å². The normalized spacial score (nSPS) is 23.0. The highest BCUT2D eigenvalue weighted by Gasteiger charge is 2.40. The largest absolute Gasteiger partial charge is 0.224 e. The maximum absolute atomic E-state index is 12.7. The Hall–Kier alpha value is -1.09. The molecule has 1 aromatic carbocycles. The number of hydrogen-bond acceptors (Lipinski definition) is 2. The molecule has 0 saturated carbocycles. The van der Waals surface area contributed by atoms with Crippen LogP contribution in [-0.2, 0) is 16.3 Å². The molecule has 3 heteroatoms. The lowest BCUT2D eigenvalue weighted by atomic mass is 9.88. The van der Waals surface area contributed by atoms with Crippen molar-refractivity contribution in [3.8, 4) is 0 Å². The van der Waals surface area contributed by atoms with E-state index in [9.17, 15) is 8.42 Å². The van der Waals surface area contributed by atoms with Crippen LogP contribution >= 0.6 is 0 Å². The summed E-state index contributed by atoms with van der Waals surface area (Å²) in [6, 6.07) is 8.31. The minimum Gasteiger partial charge on any atom is -0.224 e. The predicted molar refractivity (Wildman–Crippen MR) is 87.8 cm³/mol. The molecule has 1 aliphatic carbocycles. The van der Waals surface area contributed by atoms with E-state index in [1.807, 2.05) is 6.07 Å². The summed E-state index contributed by atoms with van der Waals surface area (Å²) in [6.45, 7) is 2.18. The van der Waals surface area contributed by atoms with Crippen LogP contribution in [0.5, 0.6) is 0 Å². The van der Waals surface area contributed by atoms with Crippen molar-refractivity contribution in [2.24, 2.45) is 0 Å². The van der Waals surface area contributed by atoms with Crippen molar-refractivity contribution in [3.05, 3.63) is 40.3 Å². The molecule has 0 fully saturated rings. The summed E-state index contributed by atoms with van der Waals surface area (Å²) in [5.41, 5.74) is 3.63. The van der Waals surface area contributed by atoms with Crippen LogP contribution in [0.3, 0.4) is 0 Å². The molecule has 2 nitrogen and oxygen atoms in total. The lowest BCUT2D eigenvalue weighted by molar-refractivity contribution is 0.565. The van der Waals surface area contributed by atoms with Crippen LogP contribution in [-0.4, -0.2) is 13.7 Å². The molecule has 0 amide bonds. The number of rotatable bonds is 5. The maximum Gasteiger partial charge on any atom is 0.178 e. The Balaban J connectivity index is 1.81. The van der Waals surface area contributed by atoms with Crippen molar-refractivity contribution in [1.29, 1.82) is 0 Å². The van der Waals surface area contributed by atoms with Gasteiger partial charge in [0.25, 0.3) is 0 Å². The SMILES string of the molecule is CCCCCCC1CC2=C(CCc3ccccc32)S1(=O)=O. The van der Waals surface area contributed by atoms with Crippen molar-refractivity contribution in [3.63, 3.8) is 0 Å². The van der Waals surface area contributed by atoms with Crippen LogP contribution in [0.1, 0.15) is 63.0 Å². The summed E-state index contributed by atoms with van der Waals surface area (Å²) in [5, 5.41) is -0.162. The quantitative estimate of drug-likeness (QED) is 0.750. The van der Waals surface area contributed by atoms with Gasteiger partial charge in [0.1, 0.15) is 0 Å². The van der Waals surface area contributed by atoms with Crippen LogP contribution < -0.4 is 0 Å². The maximum atomic E-state index is 12.7. The second-order valence-corrected chi connectivity index (χ2v) is 8.53. The molecule has 0 N–H and O–H groups in total. The van der Waals surface area contributed by atoms with Crippen LogP contribution in [0.25, 0.3) is 5.57 Å². The van der Waals surface area contributed by atoms with Gasteiger partial charge in [-0.1, -0.05) is 56.9 Å². The zero-order chi connectivity index (χ0) is 14.9. The monoisotopic (exact) mass is 304 g/mol. The van der Waals surface area contributed by atoms with E-state index in [1.165, 1.54) is 24.0 Å². The van der Waals surface area contributed by atoms with E-state index in [0.717, 1.165) is 42.6 Å². The molecule has 1 atom stereocenters. The van der Waals surface area contributed by atoms with Crippen LogP contribution in [0.15, 0.2) is 29.2 Å². The number of sulfone groups is 1. The molecule has 0 radical (unpaired) electrons. The van der Waals surface area contributed by atoms with Crippen molar-refractivity contribution in [2.45, 2.75) is 63.5 Å². The number of unbranched alkanes of at least 4 members (excludes halogenated alkanes) is 3. The minimum absolute atomic E-state index is 0.162. The van der Waals surface area contributed by atoms with Gasteiger partial charge in [0.15, 0.2) is 9.84 Å². The van der Waals surface area contributed by atoms with Crippen molar-refractivity contribution in [2.75, 3.05) is 0 Å². The van der Waals surface area contributed by atoms with E-state index < -0.39 is 9.84 Å². The fourth-order valence-corrected chi connectivity index (χ4v) is 5.90. The number of benzene rings is 1. The van der Waals surface area contributed by atoms with Gasteiger partial charge in [-0.25, -0.2) is 8.42 Å². The zero-order valence-corrected chi connectivity index (χ0v) is 13.6. The molecule has 114 valence electrons. The molecule has 1 aliphatic heterocycles. The Morgan fingerprint density at radius 1 is 1.10 bits per heavy atom. The molecular weight excluding hydrogens is 280 g/mol. The molecule has 3 rings (SSSR count). The van der Waals surface area contributed by atoms with E-state index in [2.05, 4.69) is 25.1 Å². The van der Waals surface area contributed by atoms with Crippen molar-refractivity contribution >= 4 is 15.4 Å². The van der Waals surface area contributed by atoms with E-state index >= 15 is 0 Å². The van der Waals surface area contributed by atoms with Gasteiger partial charge in [0.05, 0.1) is 5.25 Å². The molecular formula is C18H24O2S. The first-order chi connectivity index (χ1) is 10.1. The molecule has 1 unspecified atom stereocenters. The lowest BCUT2D eigenvalue weighted by Gasteiger charge is -2.17. The zero-order valence-electron chi connectivity index (χ0n) is 12.8. The van der Waals surface area contributed by atoms with Gasteiger partial charge in [0.2, 0.25) is 0 Å². The Morgan fingerprint density at radius 2 is 1.90 bits per heavy atom. The molecule has 0 bridgehead atoms. The number of fused-ring (bicyclic) bond motifs is 2. The minimum atomic E-state index is -3.04. The summed E-state index contributed by atoms with van der Waals surface area (Å²) in [7, 11) is -3.04. The fraction of sp³-hybridized carbons (Fsp3) is 0.556. The third-order valence-corrected chi connectivity index (χ3v) is 7.31. The highest BCUT2D eigenvalue weighted by molar-refractivity contribution is 7.96. The molecule has 0 spiro atoms. The number of aryl methyl sites for hydroxylation is 1. The summed E-state index contributed by atoms with van der Waals surface area (Å²) in [6.07, 6.45) is 7.75. The summed E-state index contributed by atoms with van der Waals surface area (Å²) < 4.78 is 25.5. The average molecular weight is 304 g/mol. The predicted octanol–water partition coefficient (Wildman–Crippen LogP) is 4.50. The fourth-order valence-electron chi connectivity index (χ4n) is 3.71. The summed E-state index contributed by atoms with van der Waals surface area (Å²) in [5.74, 6) is 0. The smallest absolute Gasteiger partial charge is 0.178 e. The van der Waals surface area contributed by atoms with Crippen LogP contribution in [0.2, 0.25) is 0 Å². The highest BCUT2D eigenvalue weighted by atomic mass is 32.2. The van der Waals surface area contributed by atoms with Gasteiger partial charge < -0.3 is 0 Å². The summed E-state index contributed by atoms with van der Waals surface area (Å²) in [4.78, 5) is 0.752. The Morgan fingerprint density at radius 3 is 2.71 bits per heavy atom. The van der Waals surface area contributed by atoms with Crippen molar-refractivity contribution in [1.82, 2.24) is 0 Å². The number of allylic oxidation sites excluding steroid dienone is 2. The van der Waals surface area contributed by atoms with E-state index in [-0.39, 0.29) is 5.25 Å². The number of hydrogen-bond donors (Lipinski definition) is 0. The Labute approximate surface area is 128 Å². The first-order valence-electron chi connectivity index (χ1n) is 8.18. The van der Waals surface area contributed by atoms with Gasteiger partial charge >= 0.3 is 0 Å². The molecule has 1 heterocycles.